The Morgan fingerprint density at radius 2 is 1.84 bits per heavy atom. The number of carbonyl (C=O) groups excluding carboxylic acids is 2. The molecule has 0 aromatic heterocycles. The van der Waals surface area contributed by atoms with Crippen LogP contribution < -0.4 is 0 Å². The fourth-order valence-corrected chi connectivity index (χ4v) is 2.96. The minimum absolute atomic E-state index is 0.266. The van der Waals surface area contributed by atoms with Gasteiger partial charge in [-0.05, 0) is 46.5 Å². The van der Waals surface area contributed by atoms with Crippen molar-refractivity contribution >= 4 is 12.0 Å². The van der Waals surface area contributed by atoms with Crippen LogP contribution in [0.25, 0.3) is 0 Å². The summed E-state index contributed by atoms with van der Waals surface area (Å²) < 4.78 is 11.1. The van der Waals surface area contributed by atoms with E-state index in [1.165, 1.54) is 11.8 Å². The Morgan fingerprint density at radius 3 is 2.21 bits per heavy atom. The number of ether oxygens (including phenoxy) is 2. The molecule has 0 N–H and O–H groups in total. The fourth-order valence-electron chi connectivity index (χ4n) is 2.96. The molecule has 3 fully saturated rings. The lowest BCUT2D eigenvalue weighted by atomic mass is 9.77. The quantitative estimate of drug-likeness (QED) is 0.734. The van der Waals surface area contributed by atoms with Gasteiger partial charge in [-0.3, -0.25) is 4.79 Å². The summed E-state index contributed by atoms with van der Waals surface area (Å²) in [5.74, 6) is -0.266. The molecule has 3 rings (SSSR count). The third-order valence-corrected chi connectivity index (χ3v) is 3.82. The van der Waals surface area contributed by atoms with Crippen LogP contribution in [0.1, 0.15) is 53.4 Å². The lowest BCUT2D eigenvalue weighted by Crippen LogP contribution is -2.62. The predicted molar refractivity (Wildman–Crippen MR) is 69.7 cm³/mol. The molecule has 1 aliphatic carbocycles. The number of hydrogen-bond donors (Lipinski definition) is 0. The molecule has 2 saturated heterocycles. The van der Waals surface area contributed by atoms with E-state index in [4.69, 9.17) is 9.47 Å². The van der Waals surface area contributed by atoms with E-state index in [2.05, 4.69) is 0 Å². The molecule has 0 aromatic rings. The lowest BCUT2D eigenvalue weighted by Gasteiger charge is -2.50. The van der Waals surface area contributed by atoms with Crippen molar-refractivity contribution in [2.45, 2.75) is 70.6 Å². The molecule has 0 aromatic carbocycles. The first-order valence-corrected chi connectivity index (χ1v) is 6.89. The van der Waals surface area contributed by atoms with E-state index in [0.717, 1.165) is 25.7 Å². The molecule has 0 radical (unpaired) electrons. The van der Waals surface area contributed by atoms with Gasteiger partial charge < -0.3 is 9.47 Å². The number of nitrogens with zero attached hydrogens (tertiary/aromatic N) is 1. The average Bonchev–Trinajstić information content (AvgIpc) is 2.27. The van der Waals surface area contributed by atoms with Gasteiger partial charge in [0.25, 0.3) is 0 Å². The summed E-state index contributed by atoms with van der Waals surface area (Å²) in [5, 5.41) is 0. The summed E-state index contributed by atoms with van der Waals surface area (Å²) >= 11 is 0. The Bertz CT molecular complexity index is 364. The third-order valence-electron chi connectivity index (χ3n) is 3.82. The van der Waals surface area contributed by atoms with Crippen molar-refractivity contribution in [2.24, 2.45) is 0 Å². The predicted octanol–water partition coefficient (Wildman–Crippen LogP) is 2.48. The highest BCUT2D eigenvalue weighted by Crippen LogP contribution is 2.41. The number of hydrogen-bond acceptors (Lipinski definition) is 4. The van der Waals surface area contributed by atoms with Crippen molar-refractivity contribution < 1.29 is 19.1 Å². The van der Waals surface area contributed by atoms with Crippen LogP contribution in [0.15, 0.2) is 0 Å². The van der Waals surface area contributed by atoms with Gasteiger partial charge in [0.2, 0.25) is 5.91 Å². The van der Waals surface area contributed by atoms with Gasteiger partial charge in [0.15, 0.2) is 0 Å². The van der Waals surface area contributed by atoms with Gasteiger partial charge in [-0.25, -0.2) is 9.69 Å². The maximum Gasteiger partial charge on any atom is 0.417 e. The topological polar surface area (TPSA) is 55.8 Å². The fraction of sp³-hybridized carbons (Fsp3) is 0.857. The first-order valence-electron chi connectivity index (χ1n) is 6.89. The van der Waals surface area contributed by atoms with Gasteiger partial charge in [0.1, 0.15) is 5.60 Å². The van der Waals surface area contributed by atoms with Crippen LogP contribution in [0.3, 0.4) is 0 Å². The van der Waals surface area contributed by atoms with E-state index in [9.17, 15) is 9.59 Å². The van der Waals surface area contributed by atoms with Crippen molar-refractivity contribution in [3.05, 3.63) is 0 Å². The molecule has 1 saturated carbocycles. The van der Waals surface area contributed by atoms with E-state index >= 15 is 0 Å². The van der Waals surface area contributed by atoms with E-state index < -0.39 is 17.2 Å². The second-order valence-corrected chi connectivity index (χ2v) is 6.57. The summed E-state index contributed by atoms with van der Waals surface area (Å²) in [7, 11) is 0. The zero-order valence-corrected chi connectivity index (χ0v) is 12.2. The second-order valence-electron chi connectivity index (χ2n) is 6.57. The third kappa shape index (κ3) is 2.91. The summed E-state index contributed by atoms with van der Waals surface area (Å²) in [6.07, 6.45) is 3.20. The molecule has 5 nitrogen and oxygen atoms in total. The van der Waals surface area contributed by atoms with Gasteiger partial charge in [0.05, 0.1) is 18.2 Å². The van der Waals surface area contributed by atoms with Crippen molar-refractivity contribution in [2.75, 3.05) is 6.61 Å². The Balaban J connectivity index is 2.20. The van der Waals surface area contributed by atoms with Gasteiger partial charge in [0, 0.05) is 6.92 Å². The largest absolute Gasteiger partial charge is 0.443 e. The van der Waals surface area contributed by atoms with Gasteiger partial charge in [-0.2, -0.15) is 0 Å². The first kappa shape index (κ1) is 14.3. The Labute approximate surface area is 114 Å². The average molecular weight is 269 g/mol. The summed E-state index contributed by atoms with van der Waals surface area (Å²) in [5.41, 5.74) is -1.10. The molecular weight excluding hydrogens is 246 g/mol. The number of imide groups is 1. The zero-order valence-electron chi connectivity index (χ0n) is 12.2. The highest BCUT2D eigenvalue weighted by molar-refractivity contribution is 5.91. The summed E-state index contributed by atoms with van der Waals surface area (Å²) in [6.45, 7) is 7.26. The number of rotatable bonds is 1. The highest BCUT2D eigenvalue weighted by Gasteiger charge is 2.50. The second kappa shape index (κ2) is 4.78. The Hall–Kier alpha value is -1.10. The van der Waals surface area contributed by atoms with E-state index in [1.54, 1.807) is 20.8 Å². The normalized spacial score (nSPS) is 30.0. The van der Waals surface area contributed by atoms with E-state index in [1.807, 2.05) is 0 Å². The van der Waals surface area contributed by atoms with Crippen molar-refractivity contribution in [1.29, 1.82) is 0 Å². The maximum absolute atomic E-state index is 12.3. The standard InChI is InChI=1S/C14H23NO4/c1-10(16)15(12(17)19-13(2,3)4)14-7-5-11(6-8-14)18-9-14/h11H,5-9H2,1-4H3. The molecule has 108 valence electrons. The van der Waals surface area contributed by atoms with Crippen LogP contribution in [0.2, 0.25) is 0 Å². The van der Waals surface area contributed by atoms with E-state index in [-0.39, 0.29) is 5.91 Å². The summed E-state index contributed by atoms with van der Waals surface area (Å²) in [4.78, 5) is 25.5. The lowest BCUT2D eigenvalue weighted by molar-refractivity contribution is -0.157. The first-order chi connectivity index (χ1) is 8.73. The Kier molecular flexibility index (Phi) is 3.60. The van der Waals surface area contributed by atoms with Crippen LogP contribution in [-0.2, 0) is 14.3 Å². The molecule has 2 aliphatic heterocycles. The number of carbonyl (C=O) groups is 2. The maximum atomic E-state index is 12.3. The molecule has 2 bridgehead atoms. The van der Waals surface area contributed by atoms with Crippen LogP contribution >= 0.6 is 0 Å². The minimum atomic E-state index is -0.603. The van der Waals surface area contributed by atoms with Gasteiger partial charge in [-0.1, -0.05) is 0 Å². The molecule has 19 heavy (non-hydrogen) atoms. The van der Waals surface area contributed by atoms with Crippen LogP contribution in [0.4, 0.5) is 4.79 Å². The van der Waals surface area contributed by atoms with Crippen molar-refractivity contribution in [1.82, 2.24) is 4.90 Å². The van der Waals surface area contributed by atoms with Gasteiger partial charge >= 0.3 is 6.09 Å². The molecule has 2 heterocycles. The zero-order chi connectivity index (χ0) is 14.3. The number of fused-ring (bicyclic) bond motifs is 3. The molecule has 5 heteroatoms. The van der Waals surface area contributed by atoms with Crippen LogP contribution in [0, 0.1) is 0 Å². The van der Waals surface area contributed by atoms with Crippen molar-refractivity contribution in [3.8, 4) is 0 Å². The summed E-state index contributed by atoms with van der Waals surface area (Å²) in [6, 6.07) is 0. The number of amides is 2. The van der Waals surface area contributed by atoms with E-state index in [0.29, 0.717) is 12.7 Å². The van der Waals surface area contributed by atoms with Crippen LogP contribution in [0.5, 0.6) is 0 Å². The molecular formula is C14H23NO4. The SMILES string of the molecule is CC(=O)N(C(=O)OC(C)(C)C)C12CCC(CC1)OC2. The minimum Gasteiger partial charge on any atom is -0.443 e. The molecule has 0 spiro atoms. The van der Waals surface area contributed by atoms with Crippen molar-refractivity contribution in [3.63, 3.8) is 0 Å². The monoisotopic (exact) mass is 269 g/mol. The molecule has 0 unspecified atom stereocenters. The Morgan fingerprint density at radius 1 is 1.26 bits per heavy atom. The smallest absolute Gasteiger partial charge is 0.417 e. The molecule has 2 amide bonds. The van der Waals surface area contributed by atoms with Gasteiger partial charge in [-0.15, -0.1) is 0 Å². The molecule has 0 atom stereocenters. The van der Waals surface area contributed by atoms with Crippen LogP contribution in [-0.4, -0.2) is 40.8 Å². The highest BCUT2D eigenvalue weighted by atomic mass is 16.6. The molecule has 3 aliphatic rings.